The van der Waals surface area contributed by atoms with Crippen LogP contribution in [0.25, 0.3) is 0 Å². The third-order valence-corrected chi connectivity index (χ3v) is 3.33. The Balaban J connectivity index is 0.00000484. The highest BCUT2D eigenvalue weighted by atomic mass is 127. The van der Waals surface area contributed by atoms with Crippen molar-refractivity contribution in [2.45, 2.75) is 46.0 Å². The zero-order chi connectivity index (χ0) is 16.0. The Hall–Kier alpha value is -0.570. The number of hydrogen-bond acceptors (Lipinski definition) is 3. The van der Waals surface area contributed by atoms with Gasteiger partial charge in [-0.3, -0.25) is 9.79 Å². The number of hydrogen-bond donors (Lipinski definition) is 3. The molecule has 1 fully saturated rings. The average molecular weight is 440 g/mol. The second-order valence-corrected chi connectivity index (χ2v) is 5.66. The molecule has 0 atom stereocenters. The number of rotatable bonds is 12. The molecule has 0 unspecified atom stereocenters. The summed E-state index contributed by atoms with van der Waals surface area (Å²) in [5.41, 5.74) is 0. The lowest BCUT2D eigenvalue weighted by atomic mass is 10.4. The molecule has 1 amide bonds. The van der Waals surface area contributed by atoms with Gasteiger partial charge in [-0.2, -0.15) is 0 Å². The summed E-state index contributed by atoms with van der Waals surface area (Å²) in [6, 6.07) is 0. The molecule has 1 aliphatic carbocycles. The predicted molar refractivity (Wildman–Crippen MR) is 105 cm³/mol. The average Bonchev–Trinajstić information content (AvgIpc) is 3.32. The van der Waals surface area contributed by atoms with Gasteiger partial charge >= 0.3 is 0 Å². The first-order valence-corrected chi connectivity index (χ1v) is 8.62. The van der Waals surface area contributed by atoms with Crippen LogP contribution >= 0.6 is 24.0 Å². The second kappa shape index (κ2) is 15.0. The van der Waals surface area contributed by atoms with Gasteiger partial charge in [0.2, 0.25) is 5.91 Å². The maximum absolute atomic E-state index is 11.5. The van der Waals surface area contributed by atoms with E-state index in [1.54, 1.807) is 0 Å². The van der Waals surface area contributed by atoms with E-state index < -0.39 is 0 Å². The highest BCUT2D eigenvalue weighted by Crippen LogP contribution is 2.28. The monoisotopic (exact) mass is 440 g/mol. The van der Waals surface area contributed by atoms with Crippen LogP contribution in [0.2, 0.25) is 0 Å². The molecule has 1 saturated carbocycles. The van der Waals surface area contributed by atoms with Crippen LogP contribution in [0.4, 0.5) is 0 Å². The molecule has 0 aromatic heterocycles. The minimum absolute atomic E-state index is 0. The first kappa shape index (κ1) is 22.4. The molecule has 1 aliphatic rings. The number of aliphatic imine (C=N–C) groups is 1. The molecule has 136 valence electrons. The number of nitrogens with zero attached hydrogens (tertiary/aromatic N) is 1. The Morgan fingerprint density at radius 1 is 1.17 bits per heavy atom. The number of guanidine groups is 1. The first-order valence-electron chi connectivity index (χ1n) is 8.62. The van der Waals surface area contributed by atoms with Gasteiger partial charge in [0.1, 0.15) is 0 Å². The maximum Gasteiger partial charge on any atom is 0.221 e. The fourth-order valence-electron chi connectivity index (χ4n) is 1.88. The van der Waals surface area contributed by atoms with Crippen molar-refractivity contribution < 1.29 is 9.53 Å². The summed E-state index contributed by atoms with van der Waals surface area (Å²) in [4.78, 5) is 16.0. The van der Waals surface area contributed by atoms with E-state index >= 15 is 0 Å². The van der Waals surface area contributed by atoms with Crippen molar-refractivity contribution in [3.05, 3.63) is 0 Å². The van der Waals surface area contributed by atoms with Crippen molar-refractivity contribution in [3.63, 3.8) is 0 Å². The summed E-state index contributed by atoms with van der Waals surface area (Å²) in [7, 11) is 0. The summed E-state index contributed by atoms with van der Waals surface area (Å²) in [6.07, 6.45) is 5.03. The maximum atomic E-state index is 11.5. The van der Waals surface area contributed by atoms with Crippen LogP contribution in [-0.4, -0.2) is 51.3 Å². The number of amides is 1. The summed E-state index contributed by atoms with van der Waals surface area (Å²) >= 11 is 0. The third-order valence-electron chi connectivity index (χ3n) is 3.33. The summed E-state index contributed by atoms with van der Waals surface area (Å²) < 4.78 is 5.59. The molecule has 0 aromatic rings. The van der Waals surface area contributed by atoms with E-state index in [-0.39, 0.29) is 29.9 Å². The van der Waals surface area contributed by atoms with E-state index in [1.807, 2.05) is 13.8 Å². The van der Waals surface area contributed by atoms with Crippen LogP contribution in [-0.2, 0) is 9.53 Å². The zero-order valence-corrected chi connectivity index (χ0v) is 16.9. The quantitative estimate of drug-likeness (QED) is 0.188. The van der Waals surface area contributed by atoms with Crippen molar-refractivity contribution in [2.75, 3.05) is 39.4 Å². The second-order valence-electron chi connectivity index (χ2n) is 5.66. The normalized spacial score (nSPS) is 14.1. The lowest BCUT2D eigenvalue weighted by Gasteiger charge is -2.11. The van der Waals surface area contributed by atoms with Crippen LogP contribution < -0.4 is 16.0 Å². The Morgan fingerprint density at radius 3 is 2.61 bits per heavy atom. The van der Waals surface area contributed by atoms with E-state index in [2.05, 4.69) is 20.9 Å². The topological polar surface area (TPSA) is 74.8 Å². The minimum atomic E-state index is 0. The Labute approximate surface area is 157 Å². The summed E-state index contributed by atoms with van der Waals surface area (Å²) in [5.74, 6) is 1.67. The fourth-order valence-corrected chi connectivity index (χ4v) is 1.88. The minimum Gasteiger partial charge on any atom is -0.381 e. The van der Waals surface area contributed by atoms with Gasteiger partial charge in [0.25, 0.3) is 0 Å². The Kier molecular flexibility index (Phi) is 14.6. The molecule has 0 saturated heterocycles. The lowest BCUT2D eigenvalue weighted by Crippen LogP contribution is -2.39. The Bertz CT molecular complexity index is 336. The molecule has 0 spiro atoms. The van der Waals surface area contributed by atoms with Crippen molar-refractivity contribution in [1.29, 1.82) is 0 Å². The van der Waals surface area contributed by atoms with Crippen LogP contribution in [0, 0.1) is 5.92 Å². The van der Waals surface area contributed by atoms with Crippen LogP contribution in [0.5, 0.6) is 0 Å². The van der Waals surface area contributed by atoms with Crippen LogP contribution in [0.3, 0.4) is 0 Å². The van der Waals surface area contributed by atoms with E-state index in [0.29, 0.717) is 13.0 Å². The van der Waals surface area contributed by atoms with Gasteiger partial charge in [0.05, 0.1) is 0 Å². The number of halogens is 1. The van der Waals surface area contributed by atoms with E-state index in [9.17, 15) is 4.79 Å². The molecular weight excluding hydrogens is 407 g/mol. The smallest absolute Gasteiger partial charge is 0.221 e. The summed E-state index contributed by atoms with van der Waals surface area (Å²) in [5, 5.41) is 9.23. The standard InChI is InChI=1S/C16H32N4O2.HI/c1-3-9-18-15(21)8-11-20-16(17-4-2)19-10-5-12-22-13-14-6-7-14;/h14H,3-13H2,1-2H3,(H,18,21)(H2,17,19,20);1H. The Morgan fingerprint density at radius 2 is 1.96 bits per heavy atom. The molecule has 0 radical (unpaired) electrons. The van der Waals surface area contributed by atoms with Gasteiger partial charge in [-0.05, 0) is 38.5 Å². The van der Waals surface area contributed by atoms with Crippen LogP contribution in [0.1, 0.15) is 46.0 Å². The first-order chi connectivity index (χ1) is 10.8. The molecule has 3 N–H and O–H groups in total. The van der Waals surface area contributed by atoms with Gasteiger partial charge in [-0.25, -0.2) is 0 Å². The molecule has 0 heterocycles. The molecule has 0 bridgehead atoms. The third kappa shape index (κ3) is 13.6. The summed E-state index contributed by atoms with van der Waals surface area (Å²) in [6.45, 7) is 8.65. The molecular formula is C16H33IN4O2. The van der Waals surface area contributed by atoms with Gasteiger partial charge in [0.15, 0.2) is 5.96 Å². The molecule has 0 aliphatic heterocycles. The molecule has 7 heteroatoms. The van der Waals surface area contributed by atoms with Gasteiger partial charge < -0.3 is 20.7 Å². The molecule has 23 heavy (non-hydrogen) atoms. The number of ether oxygens (including phenoxy) is 1. The van der Waals surface area contributed by atoms with Crippen molar-refractivity contribution >= 4 is 35.8 Å². The predicted octanol–water partition coefficient (Wildman–Crippen LogP) is 1.89. The number of carbonyl (C=O) groups is 1. The molecule has 1 rings (SSSR count). The highest BCUT2D eigenvalue weighted by Gasteiger charge is 2.20. The van der Waals surface area contributed by atoms with Gasteiger partial charge in [-0.1, -0.05) is 6.92 Å². The van der Waals surface area contributed by atoms with Crippen molar-refractivity contribution in [3.8, 4) is 0 Å². The van der Waals surface area contributed by atoms with E-state index in [1.165, 1.54) is 12.8 Å². The number of carbonyl (C=O) groups excluding carboxylic acids is 1. The molecule has 6 nitrogen and oxygen atoms in total. The van der Waals surface area contributed by atoms with Gasteiger partial charge in [0, 0.05) is 45.8 Å². The van der Waals surface area contributed by atoms with Crippen molar-refractivity contribution in [2.24, 2.45) is 10.9 Å². The molecule has 0 aromatic carbocycles. The van der Waals surface area contributed by atoms with Crippen molar-refractivity contribution in [1.82, 2.24) is 16.0 Å². The number of nitrogens with one attached hydrogen (secondary N) is 3. The van der Waals surface area contributed by atoms with Crippen LogP contribution in [0.15, 0.2) is 4.99 Å². The highest BCUT2D eigenvalue weighted by molar-refractivity contribution is 14.0. The SMILES string of the molecule is CCCNC(=O)CCNC(=NCCCOCC1CC1)NCC.I. The fraction of sp³-hybridized carbons (Fsp3) is 0.875. The zero-order valence-electron chi connectivity index (χ0n) is 14.5. The lowest BCUT2D eigenvalue weighted by molar-refractivity contribution is -0.120. The largest absolute Gasteiger partial charge is 0.381 e. The van der Waals surface area contributed by atoms with Gasteiger partial charge in [-0.15, -0.1) is 24.0 Å². The van der Waals surface area contributed by atoms with E-state index in [0.717, 1.165) is 57.6 Å². The van der Waals surface area contributed by atoms with E-state index in [4.69, 9.17) is 4.74 Å².